The van der Waals surface area contributed by atoms with Crippen LogP contribution in [-0.2, 0) is 6.54 Å². The van der Waals surface area contributed by atoms with E-state index in [2.05, 4.69) is 21.8 Å². The van der Waals surface area contributed by atoms with Gasteiger partial charge >= 0.3 is 0 Å². The van der Waals surface area contributed by atoms with Crippen molar-refractivity contribution in [3.8, 4) is 0 Å². The molecule has 0 aliphatic rings. The molecule has 98 valence electrons. The zero-order valence-electron chi connectivity index (χ0n) is 11.4. The average molecular weight is 237 g/mol. The summed E-state index contributed by atoms with van der Waals surface area (Å²) in [5.41, 5.74) is 0. The van der Waals surface area contributed by atoms with Crippen molar-refractivity contribution in [1.29, 1.82) is 0 Å². The number of anilines is 1. The van der Waals surface area contributed by atoms with Gasteiger partial charge in [0, 0.05) is 26.0 Å². The van der Waals surface area contributed by atoms with Crippen LogP contribution in [0.25, 0.3) is 0 Å². The normalized spacial score (nSPS) is 10.7. The quantitative estimate of drug-likeness (QED) is 0.622. The van der Waals surface area contributed by atoms with Crippen molar-refractivity contribution < 1.29 is 0 Å². The van der Waals surface area contributed by atoms with Crippen molar-refractivity contribution >= 4 is 5.95 Å². The average Bonchev–Trinajstić information content (AvgIpc) is 2.80. The lowest BCUT2D eigenvalue weighted by Crippen LogP contribution is -2.02. The standard InChI is InChI=1S/C14H27N3/c1-3-4-5-6-7-8-9-10-12-17-13-11-16-14(17)15-2/h11,13H,3-10,12H2,1-2H3,(H,15,16). The van der Waals surface area contributed by atoms with Gasteiger partial charge in [0.2, 0.25) is 5.95 Å². The van der Waals surface area contributed by atoms with Crippen LogP contribution in [0.4, 0.5) is 5.95 Å². The van der Waals surface area contributed by atoms with E-state index in [9.17, 15) is 0 Å². The molecule has 0 saturated heterocycles. The SMILES string of the molecule is CCCCCCCCCCn1ccnc1NC. The van der Waals surface area contributed by atoms with Crippen molar-refractivity contribution in [2.75, 3.05) is 12.4 Å². The highest BCUT2D eigenvalue weighted by atomic mass is 15.2. The molecular weight excluding hydrogens is 210 g/mol. The summed E-state index contributed by atoms with van der Waals surface area (Å²) in [6.45, 7) is 3.36. The van der Waals surface area contributed by atoms with Crippen molar-refractivity contribution in [3.05, 3.63) is 12.4 Å². The summed E-state index contributed by atoms with van der Waals surface area (Å²) in [6, 6.07) is 0. The second-order valence-corrected chi connectivity index (χ2v) is 4.67. The molecule has 1 rings (SSSR count). The summed E-state index contributed by atoms with van der Waals surface area (Å²) >= 11 is 0. The molecule has 1 aromatic heterocycles. The molecule has 0 bridgehead atoms. The third kappa shape index (κ3) is 5.76. The van der Waals surface area contributed by atoms with Gasteiger partial charge in [-0.3, -0.25) is 0 Å². The first-order chi connectivity index (χ1) is 8.38. The van der Waals surface area contributed by atoms with E-state index in [1.807, 2.05) is 19.4 Å². The predicted octanol–water partition coefficient (Wildman–Crippen LogP) is 4.07. The maximum Gasteiger partial charge on any atom is 0.202 e. The minimum atomic E-state index is 0.980. The number of nitrogens with one attached hydrogen (secondary N) is 1. The number of imidazole rings is 1. The van der Waals surface area contributed by atoms with Gasteiger partial charge in [0.15, 0.2) is 0 Å². The number of nitrogens with zero attached hydrogens (tertiary/aromatic N) is 2. The van der Waals surface area contributed by atoms with E-state index in [-0.39, 0.29) is 0 Å². The van der Waals surface area contributed by atoms with Gasteiger partial charge in [-0.1, -0.05) is 51.9 Å². The largest absolute Gasteiger partial charge is 0.359 e. The lowest BCUT2D eigenvalue weighted by molar-refractivity contribution is 0.545. The molecule has 3 nitrogen and oxygen atoms in total. The van der Waals surface area contributed by atoms with Gasteiger partial charge in [-0.15, -0.1) is 0 Å². The molecule has 0 unspecified atom stereocenters. The van der Waals surface area contributed by atoms with Crippen LogP contribution in [0.3, 0.4) is 0 Å². The lowest BCUT2D eigenvalue weighted by atomic mass is 10.1. The van der Waals surface area contributed by atoms with Crippen LogP contribution in [0.2, 0.25) is 0 Å². The van der Waals surface area contributed by atoms with Gasteiger partial charge in [-0.25, -0.2) is 4.98 Å². The van der Waals surface area contributed by atoms with Crippen LogP contribution in [0.5, 0.6) is 0 Å². The lowest BCUT2D eigenvalue weighted by Gasteiger charge is -2.06. The predicted molar refractivity (Wildman–Crippen MR) is 74.4 cm³/mol. The number of rotatable bonds is 10. The van der Waals surface area contributed by atoms with E-state index >= 15 is 0 Å². The second kappa shape index (κ2) is 9.08. The third-order valence-corrected chi connectivity index (χ3v) is 3.19. The highest BCUT2D eigenvalue weighted by Gasteiger charge is 1.98. The molecule has 0 aromatic carbocycles. The number of aryl methyl sites for hydroxylation is 1. The van der Waals surface area contributed by atoms with E-state index in [1.165, 1.54) is 51.4 Å². The molecule has 0 atom stereocenters. The molecule has 1 aromatic rings. The molecule has 1 heterocycles. The molecule has 0 aliphatic heterocycles. The number of hydrogen-bond acceptors (Lipinski definition) is 2. The highest BCUT2D eigenvalue weighted by Crippen LogP contribution is 2.10. The van der Waals surface area contributed by atoms with Crippen LogP contribution in [0.1, 0.15) is 58.3 Å². The van der Waals surface area contributed by atoms with Gasteiger partial charge in [0.25, 0.3) is 0 Å². The van der Waals surface area contributed by atoms with Crippen molar-refractivity contribution in [1.82, 2.24) is 9.55 Å². The topological polar surface area (TPSA) is 29.9 Å². The second-order valence-electron chi connectivity index (χ2n) is 4.67. The van der Waals surface area contributed by atoms with E-state index in [1.54, 1.807) is 0 Å². The number of aromatic nitrogens is 2. The van der Waals surface area contributed by atoms with Gasteiger partial charge in [-0.2, -0.15) is 0 Å². The van der Waals surface area contributed by atoms with Crippen LogP contribution < -0.4 is 5.32 Å². The maximum atomic E-state index is 4.24. The smallest absolute Gasteiger partial charge is 0.202 e. The van der Waals surface area contributed by atoms with Crippen LogP contribution in [0, 0.1) is 0 Å². The van der Waals surface area contributed by atoms with Gasteiger partial charge in [-0.05, 0) is 6.42 Å². The molecular formula is C14H27N3. The Kier molecular flexibility index (Phi) is 7.52. The first-order valence-electron chi connectivity index (χ1n) is 7.07. The Bertz CT molecular complexity index is 281. The summed E-state index contributed by atoms with van der Waals surface area (Å²) in [5, 5.41) is 3.10. The molecule has 0 spiro atoms. The molecule has 17 heavy (non-hydrogen) atoms. The van der Waals surface area contributed by atoms with E-state index in [0.717, 1.165) is 12.5 Å². The molecule has 0 saturated carbocycles. The Labute approximate surface area is 106 Å². The number of unbranched alkanes of at least 4 members (excludes halogenated alkanes) is 7. The van der Waals surface area contributed by atoms with Crippen LogP contribution >= 0.6 is 0 Å². The molecule has 0 amide bonds. The zero-order chi connectivity index (χ0) is 12.3. The van der Waals surface area contributed by atoms with Gasteiger partial charge in [0.05, 0.1) is 0 Å². The summed E-state index contributed by atoms with van der Waals surface area (Å²) in [5.74, 6) is 0.980. The summed E-state index contributed by atoms with van der Waals surface area (Å²) in [6.07, 6.45) is 14.9. The maximum absolute atomic E-state index is 4.24. The number of hydrogen-bond donors (Lipinski definition) is 1. The van der Waals surface area contributed by atoms with E-state index in [4.69, 9.17) is 0 Å². The van der Waals surface area contributed by atoms with Crippen molar-refractivity contribution in [3.63, 3.8) is 0 Å². The van der Waals surface area contributed by atoms with E-state index in [0.29, 0.717) is 0 Å². The third-order valence-electron chi connectivity index (χ3n) is 3.19. The summed E-state index contributed by atoms with van der Waals surface area (Å²) in [7, 11) is 1.92. The minimum Gasteiger partial charge on any atom is -0.359 e. The fraction of sp³-hybridized carbons (Fsp3) is 0.786. The van der Waals surface area contributed by atoms with Gasteiger partial charge < -0.3 is 9.88 Å². The van der Waals surface area contributed by atoms with Crippen molar-refractivity contribution in [2.45, 2.75) is 64.8 Å². The Hall–Kier alpha value is -0.990. The Balaban J connectivity index is 1.97. The first-order valence-corrected chi connectivity index (χ1v) is 7.07. The molecule has 0 fully saturated rings. The van der Waals surface area contributed by atoms with Crippen LogP contribution in [-0.4, -0.2) is 16.6 Å². The monoisotopic (exact) mass is 237 g/mol. The van der Waals surface area contributed by atoms with Gasteiger partial charge in [0.1, 0.15) is 0 Å². The Morgan fingerprint density at radius 1 is 1.06 bits per heavy atom. The molecule has 1 N–H and O–H groups in total. The highest BCUT2D eigenvalue weighted by molar-refractivity contribution is 5.23. The Morgan fingerprint density at radius 3 is 2.35 bits per heavy atom. The molecule has 0 aliphatic carbocycles. The molecule has 3 heteroatoms. The fourth-order valence-corrected chi connectivity index (χ4v) is 2.13. The summed E-state index contributed by atoms with van der Waals surface area (Å²) in [4.78, 5) is 4.24. The van der Waals surface area contributed by atoms with Crippen LogP contribution in [0.15, 0.2) is 12.4 Å². The zero-order valence-corrected chi connectivity index (χ0v) is 11.4. The Morgan fingerprint density at radius 2 is 1.71 bits per heavy atom. The fourth-order valence-electron chi connectivity index (χ4n) is 2.13. The first kappa shape index (κ1) is 14.1. The van der Waals surface area contributed by atoms with E-state index < -0.39 is 0 Å². The summed E-state index contributed by atoms with van der Waals surface area (Å²) < 4.78 is 2.19. The minimum absolute atomic E-state index is 0.980. The molecule has 0 radical (unpaired) electrons. The van der Waals surface area contributed by atoms with Crippen molar-refractivity contribution in [2.24, 2.45) is 0 Å².